The van der Waals surface area contributed by atoms with Crippen molar-refractivity contribution in [2.75, 3.05) is 39.3 Å². The summed E-state index contributed by atoms with van der Waals surface area (Å²) in [6.45, 7) is 2.98. The van der Waals surface area contributed by atoms with Gasteiger partial charge in [0.2, 0.25) is 5.91 Å². The molecule has 0 spiro atoms. The normalized spacial score (nSPS) is 19.6. The first-order valence-corrected chi connectivity index (χ1v) is 11.1. The first-order chi connectivity index (χ1) is 14.5. The molecule has 2 fully saturated rings. The van der Waals surface area contributed by atoms with Crippen LogP contribution < -0.4 is 0 Å². The number of carbonyl (C=O) groups is 3. The van der Waals surface area contributed by atoms with E-state index in [2.05, 4.69) is 0 Å². The Morgan fingerprint density at radius 1 is 0.867 bits per heavy atom. The molecule has 1 atom stereocenters. The fourth-order valence-electron chi connectivity index (χ4n) is 4.08. The molecule has 0 aliphatic carbocycles. The molecule has 2 saturated heterocycles. The van der Waals surface area contributed by atoms with Gasteiger partial charge in [0.05, 0.1) is 10.8 Å². The number of hydrogen-bond acceptors (Lipinski definition) is 4. The van der Waals surface area contributed by atoms with Gasteiger partial charge in [-0.05, 0) is 48.6 Å². The third-order valence-electron chi connectivity index (χ3n) is 5.76. The van der Waals surface area contributed by atoms with Crippen LogP contribution in [0, 0.1) is 11.7 Å². The van der Waals surface area contributed by atoms with Gasteiger partial charge in [-0.15, -0.1) is 11.3 Å². The van der Waals surface area contributed by atoms with Crippen LogP contribution in [-0.4, -0.2) is 71.7 Å². The van der Waals surface area contributed by atoms with E-state index in [1.54, 1.807) is 14.7 Å². The van der Waals surface area contributed by atoms with Crippen molar-refractivity contribution in [1.29, 1.82) is 0 Å². The molecule has 0 bridgehead atoms. The van der Waals surface area contributed by atoms with Gasteiger partial charge in [0, 0.05) is 44.8 Å². The number of nitrogens with zero attached hydrogens (tertiary/aromatic N) is 3. The summed E-state index contributed by atoms with van der Waals surface area (Å²) in [6.07, 6.45) is 1.60. The number of carbonyl (C=O) groups excluding carboxylic acids is 3. The van der Waals surface area contributed by atoms with Crippen molar-refractivity contribution in [2.24, 2.45) is 5.92 Å². The van der Waals surface area contributed by atoms with Crippen molar-refractivity contribution < 1.29 is 18.8 Å². The van der Waals surface area contributed by atoms with E-state index >= 15 is 0 Å². The lowest BCUT2D eigenvalue weighted by molar-refractivity contribution is -0.138. The second kappa shape index (κ2) is 8.95. The molecule has 2 aliphatic heterocycles. The van der Waals surface area contributed by atoms with E-state index < -0.39 is 0 Å². The number of halogens is 1. The van der Waals surface area contributed by atoms with Gasteiger partial charge in [0.15, 0.2) is 0 Å². The van der Waals surface area contributed by atoms with Gasteiger partial charge in [0.1, 0.15) is 5.82 Å². The van der Waals surface area contributed by atoms with E-state index in [4.69, 9.17) is 0 Å². The second-order valence-electron chi connectivity index (χ2n) is 7.69. The van der Waals surface area contributed by atoms with Crippen LogP contribution in [0.4, 0.5) is 4.39 Å². The third-order valence-corrected chi connectivity index (χ3v) is 6.62. The molecule has 0 radical (unpaired) electrons. The number of piperidine rings is 1. The van der Waals surface area contributed by atoms with E-state index in [-0.39, 0.29) is 29.5 Å². The molecule has 30 heavy (non-hydrogen) atoms. The number of rotatable bonds is 3. The van der Waals surface area contributed by atoms with Gasteiger partial charge < -0.3 is 14.7 Å². The van der Waals surface area contributed by atoms with E-state index in [0.717, 1.165) is 12.8 Å². The monoisotopic (exact) mass is 429 g/mol. The van der Waals surface area contributed by atoms with Crippen LogP contribution in [0.15, 0.2) is 41.8 Å². The van der Waals surface area contributed by atoms with E-state index in [0.29, 0.717) is 49.7 Å². The Labute approximate surface area is 178 Å². The maximum atomic E-state index is 13.1. The molecular weight excluding hydrogens is 405 g/mol. The highest BCUT2D eigenvalue weighted by Gasteiger charge is 2.33. The summed E-state index contributed by atoms with van der Waals surface area (Å²) in [6, 6.07) is 9.19. The average Bonchev–Trinajstić information content (AvgIpc) is 3.33. The fraction of sp³-hybridized carbons (Fsp3) is 0.409. The zero-order chi connectivity index (χ0) is 21.1. The van der Waals surface area contributed by atoms with Gasteiger partial charge in [-0.1, -0.05) is 6.07 Å². The highest BCUT2D eigenvalue weighted by molar-refractivity contribution is 7.12. The van der Waals surface area contributed by atoms with Crippen LogP contribution in [0.5, 0.6) is 0 Å². The summed E-state index contributed by atoms with van der Waals surface area (Å²) < 4.78 is 13.1. The van der Waals surface area contributed by atoms with Gasteiger partial charge in [0.25, 0.3) is 11.8 Å². The summed E-state index contributed by atoms with van der Waals surface area (Å²) in [5.41, 5.74) is 0.450. The average molecular weight is 430 g/mol. The third kappa shape index (κ3) is 4.38. The first-order valence-electron chi connectivity index (χ1n) is 10.2. The van der Waals surface area contributed by atoms with E-state index in [1.165, 1.54) is 35.6 Å². The number of piperazine rings is 1. The smallest absolute Gasteiger partial charge is 0.263 e. The van der Waals surface area contributed by atoms with Crippen LogP contribution in [0.3, 0.4) is 0 Å². The molecule has 1 aromatic heterocycles. The Hall–Kier alpha value is -2.74. The number of amides is 3. The minimum absolute atomic E-state index is 0.00258. The summed E-state index contributed by atoms with van der Waals surface area (Å²) in [5.74, 6) is -0.652. The van der Waals surface area contributed by atoms with Crippen molar-refractivity contribution in [1.82, 2.24) is 14.7 Å². The lowest BCUT2D eigenvalue weighted by Crippen LogP contribution is -2.54. The minimum Gasteiger partial charge on any atom is -0.339 e. The molecule has 0 saturated carbocycles. The molecule has 0 unspecified atom stereocenters. The molecule has 6 nitrogen and oxygen atoms in total. The maximum Gasteiger partial charge on any atom is 0.263 e. The van der Waals surface area contributed by atoms with Crippen molar-refractivity contribution in [3.63, 3.8) is 0 Å². The Bertz CT molecular complexity index is 908. The molecule has 2 aliphatic rings. The predicted molar refractivity (Wildman–Crippen MR) is 112 cm³/mol. The number of hydrogen-bond donors (Lipinski definition) is 0. The minimum atomic E-state index is -0.374. The number of likely N-dealkylation sites (tertiary alicyclic amines) is 1. The van der Waals surface area contributed by atoms with Crippen LogP contribution in [-0.2, 0) is 4.79 Å². The molecule has 4 rings (SSSR count). The highest BCUT2D eigenvalue weighted by Crippen LogP contribution is 2.23. The largest absolute Gasteiger partial charge is 0.339 e. The van der Waals surface area contributed by atoms with Crippen LogP contribution >= 0.6 is 11.3 Å². The summed E-state index contributed by atoms with van der Waals surface area (Å²) >= 11 is 1.42. The molecule has 3 amide bonds. The lowest BCUT2D eigenvalue weighted by atomic mass is 9.96. The van der Waals surface area contributed by atoms with Crippen molar-refractivity contribution in [2.45, 2.75) is 12.8 Å². The molecule has 3 heterocycles. The van der Waals surface area contributed by atoms with Crippen LogP contribution in [0.2, 0.25) is 0 Å². The van der Waals surface area contributed by atoms with Crippen molar-refractivity contribution in [3.8, 4) is 0 Å². The first kappa shape index (κ1) is 20.5. The molecule has 2 aromatic rings. The van der Waals surface area contributed by atoms with Gasteiger partial charge in [-0.25, -0.2) is 4.39 Å². The fourth-order valence-corrected chi connectivity index (χ4v) is 4.77. The van der Waals surface area contributed by atoms with Gasteiger partial charge in [-0.2, -0.15) is 0 Å². The standard InChI is InChI=1S/C22H24FN3O3S/c23-18-7-5-16(6-8-18)20(27)24-10-12-25(13-11-24)21(28)17-3-1-9-26(15-17)22(29)19-4-2-14-30-19/h2,4-8,14,17H,1,3,9-13,15H2/t17-/m1/s1. The zero-order valence-electron chi connectivity index (χ0n) is 16.6. The number of thiophene rings is 1. The Morgan fingerprint density at radius 3 is 2.23 bits per heavy atom. The summed E-state index contributed by atoms with van der Waals surface area (Å²) in [4.78, 5) is 44.2. The van der Waals surface area contributed by atoms with E-state index in [9.17, 15) is 18.8 Å². The van der Waals surface area contributed by atoms with Crippen molar-refractivity contribution in [3.05, 3.63) is 58.0 Å². The van der Waals surface area contributed by atoms with Crippen molar-refractivity contribution >= 4 is 29.1 Å². The SMILES string of the molecule is O=C(c1ccc(F)cc1)N1CCN(C(=O)[C@@H]2CCCN(C(=O)c3cccs3)C2)CC1. The highest BCUT2D eigenvalue weighted by atomic mass is 32.1. The lowest BCUT2D eigenvalue weighted by Gasteiger charge is -2.39. The predicted octanol–water partition coefficient (Wildman–Crippen LogP) is 2.72. The van der Waals surface area contributed by atoms with Crippen LogP contribution in [0.1, 0.15) is 32.9 Å². The zero-order valence-corrected chi connectivity index (χ0v) is 17.4. The Balaban J connectivity index is 1.32. The van der Waals surface area contributed by atoms with Gasteiger partial charge >= 0.3 is 0 Å². The molecule has 8 heteroatoms. The topological polar surface area (TPSA) is 60.9 Å². The second-order valence-corrected chi connectivity index (χ2v) is 8.64. The van der Waals surface area contributed by atoms with E-state index in [1.807, 2.05) is 17.5 Å². The molecule has 158 valence electrons. The van der Waals surface area contributed by atoms with Gasteiger partial charge in [-0.3, -0.25) is 14.4 Å². The summed E-state index contributed by atoms with van der Waals surface area (Å²) in [7, 11) is 0. The Kier molecular flexibility index (Phi) is 6.13. The molecular formula is C22H24FN3O3S. The molecule has 1 aromatic carbocycles. The summed E-state index contributed by atoms with van der Waals surface area (Å²) in [5, 5.41) is 1.88. The molecule has 0 N–H and O–H groups in total. The van der Waals surface area contributed by atoms with Crippen LogP contribution in [0.25, 0.3) is 0 Å². The quantitative estimate of drug-likeness (QED) is 0.754. The number of benzene rings is 1. The maximum absolute atomic E-state index is 13.1. The Morgan fingerprint density at radius 2 is 1.57 bits per heavy atom.